The Bertz CT molecular complexity index is 241. The summed E-state index contributed by atoms with van der Waals surface area (Å²) >= 11 is 0. The third-order valence-electron chi connectivity index (χ3n) is 4.80. The number of rotatable bonds is 4. The average Bonchev–Trinajstić information content (AvgIpc) is 2.36. The molecule has 1 aliphatic carbocycles. The fourth-order valence-corrected chi connectivity index (χ4v) is 3.72. The predicted octanol–water partition coefficient (Wildman–Crippen LogP) is 2.39. The monoisotopic (exact) mass is 254 g/mol. The van der Waals surface area contributed by atoms with Gasteiger partial charge in [-0.2, -0.15) is 0 Å². The highest BCUT2D eigenvalue weighted by atomic mass is 16.5. The first-order valence-corrected chi connectivity index (χ1v) is 7.71. The maximum absolute atomic E-state index is 6.07. The first-order valence-electron chi connectivity index (χ1n) is 7.71. The van der Waals surface area contributed by atoms with Gasteiger partial charge >= 0.3 is 0 Å². The van der Waals surface area contributed by atoms with Gasteiger partial charge in [0, 0.05) is 13.1 Å². The minimum Gasteiger partial charge on any atom is -0.373 e. The van der Waals surface area contributed by atoms with Gasteiger partial charge in [-0.1, -0.05) is 19.3 Å². The van der Waals surface area contributed by atoms with Crippen molar-refractivity contribution in [3.63, 3.8) is 0 Å². The van der Waals surface area contributed by atoms with E-state index in [1.807, 2.05) is 0 Å². The maximum atomic E-state index is 6.07. The molecule has 1 heterocycles. The lowest BCUT2D eigenvalue weighted by atomic mass is 9.72. The molecule has 1 saturated carbocycles. The maximum Gasteiger partial charge on any atom is 0.0678 e. The van der Waals surface area contributed by atoms with Crippen molar-refractivity contribution < 1.29 is 4.74 Å². The second kappa shape index (κ2) is 6.36. The molecule has 0 radical (unpaired) electrons. The largest absolute Gasteiger partial charge is 0.373 e. The Hall–Kier alpha value is -0.120. The zero-order chi connectivity index (χ0) is 13.0. The van der Waals surface area contributed by atoms with Crippen LogP contribution in [0.1, 0.15) is 52.4 Å². The summed E-state index contributed by atoms with van der Waals surface area (Å²) in [5.74, 6) is 0. The standard InChI is InChI=1S/C15H30N2O/c1-13-10-17(11-14(2)18-13)9-8-15(12-16)6-4-3-5-7-15/h13-14H,3-12,16H2,1-2H3. The summed E-state index contributed by atoms with van der Waals surface area (Å²) in [6.07, 6.45) is 8.91. The second-order valence-corrected chi connectivity index (χ2v) is 6.53. The molecule has 0 bridgehead atoms. The minimum atomic E-state index is 0.383. The van der Waals surface area contributed by atoms with Crippen LogP contribution in [0.2, 0.25) is 0 Å². The molecule has 2 aliphatic rings. The second-order valence-electron chi connectivity index (χ2n) is 6.53. The van der Waals surface area contributed by atoms with Crippen LogP contribution in [0.4, 0.5) is 0 Å². The van der Waals surface area contributed by atoms with Crippen LogP contribution >= 0.6 is 0 Å². The third kappa shape index (κ3) is 3.69. The van der Waals surface area contributed by atoms with Crippen LogP contribution in [0.5, 0.6) is 0 Å². The molecule has 0 aromatic carbocycles. The average molecular weight is 254 g/mol. The molecular formula is C15H30N2O. The number of morpholine rings is 1. The van der Waals surface area contributed by atoms with Gasteiger partial charge < -0.3 is 10.5 Å². The Balaban J connectivity index is 1.82. The third-order valence-corrected chi connectivity index (χ3v) is 4.80. The molecule has 1 aliphatic heterocycles. The van der Waals surface area contributed by atoms with E-state index >= 15 is 0 Å². The highest BCUT2D eigenvalue weighted by Gasteiger charge is 2.31. The van der Waals surface area contributed by atoms with E-state index in [0.29, 0.717) is 17.6 Å². The molecule has 0 spiro atoms. The van der Waals surface area contributed by atoms with Crippen LogP contribution in [-0.4, -0.2) is 43.3 Å². The highest BCUT2D eigenvalue weighted by Crippen LogP contribution is 2.38. The predicted molar refractivity (Wildman–Crippen MR) is 75.6 cm³/mol. The van der Waals surface area contributed by atoms with Crippen molar-refractivity contribution in [2.24, 2.45) is 11.1 Å². The van der Waals surface area contributed by atoms with Crippen molar-refractivity contribution in [3.05, 3.63) is 0 Å². The molecule has 2 rings (SSSR count). The number of hydrogen-bond acceptors (Lipinski definition) is 3. The van der Waals surface area contributed by atoms with E-state index in [1.165, 1.54) is 45.1 Å². The summed E-state index contributed by atoms with van der Waals surface area (Å²) < 4.78 is 5.79. The van der Waals surface area contributed by atoms with Crippen LogP contribution in [0.15, 0.2) is 0 Å². The lowest BCUT2D eigenvalue weighted by Gasteiger charge is -2.40. The molecule has 2 atom stereocenters. The minimum absolute atomic E-state index is 0.383. The van der Waals surface area contributed by atoms with Crippen LogP contribution in [-0.2, 0) is 4.74 Å². The van der Waals surface area contributed by atoms with Crippen molar-refractivity contribution in [3.8, 4) is 0 Å². The van der Waals surface area contributed by atoms with Crippen LogP contribution in [0, 0.1) is 5.41 Å². The molecule has 2 N–H and O–H groups in total. The number of ether oxygens (including phenoxy) is 1. The van der Waals surface area contributed by atoms with Gasteiger partial charge in [-0.25, -0.2) is 0 Å². The zero-order valence-corrected chi connectivity index (χ0v) is 12.2. The molecule has 2 fully saturated rings. The Morgan fingerprint density at radius 1 is 1.11 bits per heavy atom. The van der Waals surface area contributed by atoms with Gasteiger partial charge in [0.25, 0.3) is 0 Å². The number of nitrogens with zero attached hydrogens (tertiary/aromatic N) is 1. The molecule has 106 valence electrons. The quantitative estimate of drug-likeness (QED) is 0.837. The molecule has 2 unspecified atom stereocenters. The summed E-state index contributed by atoms with van der Waals surface area (Å²) in [6, 6.07) is 0. The van der Waals surface area contributed by atoms with Crippen molar-refractivity contribution in [1.82, 2.24) is 4.90 Å². The first kappa shape index (κ1) is 14.3. The molecule has 0 amide bonds. The molecule has 1 saturated heterocycles. The highest BCUT2D eigenvalue weighted by molar-refractivity contribution is 4.85. The van der Waals surface area contributed by atoms with Gasteiger partial charge in [0.05, 0.1) is 12.2 Å². The Morgan fingerprint density at radius 2 is 1.72 bits per heavy atom. The lowest BCUT2D eigenvalue weighted by Crippen LogP contribution is -2.47. The summed E-state index contributed by atoms with van der Waals surface area (Å²) in [5, 5.41) is 0. The summed E-state index contributed by atoms with van der Waals surface area (Å²) in [4.78, 5) is 2.57. The van der Waals surface area contributed by atoms with Crippen molar-refractivity contribution in [1.29, 1.82) is 0 Å². The normalized spacial score (nSPS) is 33.5. The zero-order valence-electron chi connectivity index (χ0n) is 12.2. The molecule has 18 heavy (non-hydrogen) atoms. The van der Waals surface area contributed by atoms with Gasteiger partial charge in [-0.05, 0) is 51.6 Å². The van der Waals surface area contributed by atoms with Crippen LogP contribution < -0.4 is 5.73 Å². The van der Waals surface area contributed by atoms with Gasteiger partial charge in [-0.15, -0.1) is 0 Å². The Kier molecular flexibility index (Phi) is 5.05. The molecular weight excluding hydrogens is 224 g/mol. The lowest BCUT2D eigenvalue weighted by molar-refractivity contribution is -0.0710. The van der Waals surface area contributed by atoms with E-state index in [-0.39, 0.29) is 0 Å². The fraction of sp³-hybridized carbons (Fsp3) is 1.00. The molecule has 0 aromatic heterocycles. The van der Waals surface area contributed by atoms with Gasteiger partial charge in [0.15, 0.2) is 0 Å². The fourth-order valence-electron chi connectivity index (χ4n) is 3.72. The molecule has 0 aromatic rings. The van der Waals surface area contributed by atoms with Crippen LogP contribution in [0.25, 0.3) is 0 Å². The SMILES string of the molecule is CC1CN(CCC2(CN)CCCCC2)CC(C)O1. The van der Waals surface area contributed by atoms with E-state index in [0.717, 1.165) is 19.6 Å². The smallest absolute Gasteiger partial charge is 0.0678 e. The summed E-state index contributed by atoms with van der Waals surface area (Å²) in [7, 11) is 0. The van der Waals surface area contributed by atoms with Gasteiger partial charge in [0.2, 0.25) is 0 Å². The first-order chi connectivity index (χ1) is 8.63. The molecule has 3 heteroatoms. The number of nitrogens with two attached hydrogens (primary N) is 1. The summed E-state index contributed by atoms with van der Waals surface area (Å²) in [6.45, 7) is 8.62. The van der Waals surface area contributed by atoms with Crippen molar-refractivity contribution in [2.45, 2.75) is 64.6 Å². The van der Waals surface area contributed by atoms with E-state index in [4.69, 9.17) is 10.5 Å². The van der Waals surface area contributed by atoms with E-state index in [1.54, 1.807) is 0 Å². The molecule has 3 nitrogen and oxygen atoms in total. The Labute approximate surface area is 112 Å². The summed E-state index contributed by atoms with van der Waals surface area (Å²) in [5.41, 5.74) is 6.51. The van der Waals surface area contributed by atoms with Crippen molar-refractivity contribution >= 4 is 0 Å². The Morgan fingerprint density at radius 3 is 2.28 bits per heavy atom. The van der Waals surface area contributed by atoms with Gasteiger partial charge in [0.1, 0.15) is 0 Å². The van der Waals surface area contributed by atoms with Crippen LogP contribution in [0.3, 0.4) is 0 Å². The van der Waals surface area contributed by atoms with Crippen molar-refractivity contribution in [2.75, 3.05) is 26.2 Å². The number of hydrogen-bond donors (Lipinski definition) is 1. The van der Waals surface area contributed by atoms with Gasteiger partial charge in [-0.3, -0.25) is 4.90 Å². The van der Waals surface area contributed by atoms with E-state index in [9.17, 15) is 0 Å². The topological polar surface area (TPSA) is 38.5 Å². The van der Waals surface area contributed by atoms with E-state index < -0.39 is 0 Å². The van der Waals surface area contributed by atoms with E-state index in [2.05, 4.69) is 18.7 Å².